The highest BCUT2D eigenvalue weighted by Gasteiger charge is 2.26. The zero-order valence-corrected chi connectivity index (χ0v) is 11.9. The van der Waals surface area contributed by atoms with Gasteiger partial charge in [0.1, 0.15) is 0 Å². The minimum Gasteiger partial charge on any atom is -0.398 e. The molecule has 0 bridgehead atoms. The number of likely N-dealkylation sites (N-methyl/N-ethyl adjacent to an activating group) is 1. The van der Waals surface area contributed by atoms with Crippen LogP contribution in [0.2, 0.25) is 0 Å². The fourth-order valence-corrected chi connectivity index (χ4v) is 2.64. The summed E-state index contributed by atoms with van der Waals surface area (Å²) in [6.45, 7) is 6.51. The fraction of sp³-hybridized carbons (Fsp3) is 0.533. The number of nitriles is 1. The van der Waals surface area contributed by atoms with Crippen molar-refractivity contribution in [1.29, 1.82) is 5.26 Å². The van der Waals surface area contributed by atoms with Gasteiger partial charge in [-0.25, -0.2) is 0 Å². The second-order valence-corrected chi connectivity index (χ2v) is 5.49. The Kier molecular flexibility index (Phi) is 3.96. The predicted octanol–water partition coefficient (Wildman–Crippen LogP) is 1.86. The smallest absolute Gasteiger partial charge is 0.0670 e. The summed E-state index contributed by atoms with van der Waals surface area (Å²) in [5.41, 5.74) is 8.71. The van der Waals surface area contributed by atoms with Crippen LogP contribution in [-0.2, 0) is 6.42 Å². The maximum absolute atomic E-state index is 8.84. The average molecular weight is 258 g/mol. The molecule has 1 saturated heterocycles. The van der Waals surface area contributed by atoms with Gasteiger partial charge in [0, 0.05) is 36.5 Å². The minimum absolute atomic E-state index is 0.374. The van der Waals surface area contributed by atoms with E-state index in [0.717, 1.165) is 18.7 Å². The molecule has 1 aliphatic heterocycles. The summed E-state index contributed by atoms with van der Waals surface area (Å²) >= 11 is 0. The van der Waals surface area contributed by atoms with Crippen LogP contribution in [0.15, 0.2) is 18.2 Å². The van der Waals surface area contributed by atoms with E-state index in [9.17, 15) is 0 Å². The highest BCUT2D eigenvalue weighted by atomic mass is 15.3. The molecule has 1 aromatic rings. The lowest BCUT2D eigenvalue weighted by Crippen LogP contribution is -2.55. The molecular formula is C15H22N4. The molecule has 2 rings (SSSR count). The number of nitrogens with zero attached hydrogens (tertiary/aromatic N) is 3. The Morgan fingerprint density at radius 2 is 1.95 bits per heavy atom. The quantitative estimate of drug-likeness (QED) is 0.823. The molecule has 1 aliphatic rings. The van der Waals surface area contributed by atoms with Crippen LogP contribution in [0.3, 0.4) is 0 Å². The molecule has 0 aromatic heterocycles. The van der Waals surface area contributed by atoms with E-state index in [-0.39, 0.29) is 0 Å². The van der Waals surface area contributed by atoms with Crippen molar-refractivity contribution in [3.8, 4) is 6.07 Å². The molecule has 2 N–H and O–H groups in total. The topological polar surface area (TPSA) is 56.3 Å². The van der Waals surface area contributed by atoms with Crippen LogP contribution in [0.1, 0.15) is 19.4 Å². The van der Waals surface area contributed by atoms with Crippen molar-refractivity contribution in [2.24, 2.45) is 0 Å². The first-order chi connectivity index (χ1) is 9.02. The van der Waals surface area contributed by atoms with Crippen molar-refractivity contribution < 1.29 is 0 Å². The molecule has 4 heteroatoms. The lowest BCUT2D eigenvalue weighted by Gasteiger charge is -2.43. The number of benzene rings is 1. The van der Waals surface area contributed by atoms with E-state index in [2.05, 4.69) is 48.9 Å². The van der Waals surface area contributed by atoms with Gasteiger partial charge in [0.05, 0.1) is 12.5 Å². The SMILES string of the molecule is CC1CN(c2ccc(N)c(CC#N)c2)CC(C)N1C. The number of nitrogen functional groups attached to an aromatic ring is 1. The summed E-state index contributed by atoms with van der Waals surface area (Å²) in [5.74, 6) is 0. The van der Waals surface area contributed by atoms with Gasteiger partial charge in [-0.05, 0) is 44.7 Å². The molecule has 0 radical (unpaired) electrons. The highest BCUT2D eigenvalue weighted by Crippen LogP contribution is 2.25. The first-order valence-electron chi connectivity index (χ1n) is 6.75. The van der Waals surface area contributed by atoms with Gasteiger partial charge >= 0.3 is 0 Å². The van der Waals surface area contributed by atoms with Gasteiger partial charge in [0.15, 0.2) is 0 Å². The monoisotopic (exact) mass is 258 g/mol. The molecule has 102 valence electrons. The van der Waals surface area contributed by atoms with Crippen LogP contribution in [-0.4, -0.2) is 37.1 Å². The first kappa shape index (κ1) is 13.7. The number of nitrogens with two attached hydrogens (primary N) is 1. The van der Waals surface area contributed by atoms with Crippen LogP contribution in [0, 0.1) is 11.3 Å². The van der Waals surface area contributed by atoms with E-state index in [1.54, 1.807) is 0 Å². The zero-order chi connectivity index (χ0) is 14.0. The van der Waals surface area contributed by atoms with Crippen molar-refractivity contribution in [2.75, 3.05) is 30.8 Å². The number of hydrogen-bond acceptors (Lipinski definition) is 4. The van der Waals surface area contributed by atoms with Crippen molar-refractivity contribution >= 4 is 11.4 Å². The van der Waals surface area contributed by atoms with E-state index in [1.165, 1.54) is 5.69 Å². The fourth-order valence-electron chi connectivity index (χ4n) is 2.64. The van der Waals surface area contributed by atoms with Gasteiger partial charge < -0.3 is 10.6 Å². The van der Waals surface area contributed by atoms with Gasteiger partial charge in [-0.1, -0.05) is 0 Å². The van der Waals surface area contributed by atoms with Crippen molar-refractivity contribution in [2.45, 2.75) is 32.4 Å². The molecule has 0 spiro atoms. The van der Waals surface area contributed by atoms with Crippen molar-refractivity contribution in [3.05, 3.63) is 23.8 Å². The molecule has 19 heavy (non-hydrogen) atoms. The number of piperazine rings is 1. The second-order valence-electron chi connectivity index (χ2n) is 5.49. The molecular weight excluding hydrogens is 236 g/mol. The Hall–Kier alpha value is -1.73. The lowest BCUT2D eigenvalue weighted by atomic mass is 10.1. The largest absolute Gasteiger partial charge is 0.398 e. The molecule has 2 atom stereocenters. The van der Waals surface area contributed by atoms with Crippen molar-refractivity contribution in [1.82, 2.24) is 4.90 Å². The lowest BCUT2D eigenvalue weighted by molar-refractivity contribution is 0.170. The van der Waals surface area contributed by atoms with Gasteiger partial charge in [-0.2, -0.15) is 5.26 Å². The molecule has 0 amide bonds. The zero-order valence-electron chi connectivity index (χ0n) is 11.9. The maximum atomic E-state index is 8.84. The molecule has 0 saturated carbocycles. The Labute approximate surface area is 115 Å². The number of hydrogen-bond donors (Lipinski definition) is 1. The van der Waals surface area contributed by atoms with Gasteiger partial charge in [0.2, 0.25) is 0 Å². The van der Waals surface area contributed by atoms with E-state index >= 15 is 0 Å². The Morgan fingerprint density at radius 1 is 1.32 bits per heavy atom. The van der Waals surface area contributed by atoms with Crippen LogP contribution >= 0.6 is 0 Å². The minimum atomic E-state index is 0.374. The predicted molar refractivity (Wildman–Crippen MR) is 79.1 cm³/mol. The van der Waals surface area contributed by atoms with Crippen LogP contribution in [0.5, 0.6) is 0 Å². The summed E-state index contributed by atoms with van der Waals surface area (Å²) in [4.78, 5) is 4.79. The van der Waals surface area contributed by atoms with E-state index in [4.69, 9.17) is 11.0 Å². The van der Waals surface area contributed by atoms with Crippen molar-refractivity contribution in [3.63, 3.8) is 0 Å². The molecule has 2 unspecified atom stereocenters. The van der Waals surface area contributed by atoms with Crippen LogP contribution in [0.4, 0.5) is 11.4 Å². The third-order valence-electron chi connectivity index (χ3n) is 4.12. The van der Waals surface area contributed by atoms with Gasteiger partial charge in [-0.15, -0.1) is 0 Å². The maximum Gasteiger partial charge on any atom is 0.0670 e. The standard InChI is InChI=1S/C15H22N4/c1-11-9-19(10-12(2)18(11)3)14-4-5-15(17)13(8-14)6-7-16/h4-5,8,11-12H,6,9-10,17H2,1-3H3. The molecule has 1 heterocycles. The normalized spacial score (nSPS) is 24.2. The number of rotatable bonds is 2. The van der Waals surface area contributed by atoms with Crippen LogP contribution in [0.25, 0.3) is 0 Å². The summed E-state index contributed by atoms with van der Waals surface area (Å²) < 4.78 is 0. The summed E-state index contributed by atoms with van der Waals surface area (Å²) in [7, 11) is 2.18. The number of anilines is 2. The van der Waals surface area contributed by atoms with E-state index in [0.29, 0.717) is 24.2 Å². The van der Waals surface area contributed by atoms with Gasteiger partial charge in [0.25, 0.3) is 0 Å². The van der Waals surface area contributed by atoms with E-state index in [1.807, 2.05) is 6.07 Å². The highest BCUT2D eigenvalue weighted by molar-refractivity contribution is 5.59. The molecule has 4 nitrogen and oxygen atoms in total. The molecule has 0 aliphatic carbocycles. The summed E-state index contributed by atoms with van der Waals surface area (Å²) in [5, 5.41) is 8.84. The molecule has 1 aromatic carbocycles. The Balaban J connectivity index is 2.23. The molecule has 1 fully saturated rings. The van der Waals surface area contributed by atoms with Gasteiger partial charge in [-0.3, -0.25) is 4.90 Å². The van der Waals surface area contributed by atoms with Crippen LogP contribution < -0.4 is 10.6 Å². The average Bonchev–Trinajstić information content (AvgIpc) is 2.38. The van der Waals surface area contributed by atoms with E-state index < -0.39 is 0 Å². The third-order valence-corrected chi connectivity index (χ3v) is 4.12. The third kappa shape index (κ3) is 2.82. The first-order valence-corrected chi connectivity index (χ1v) is 6.75. The Bertz CT molecular complexity index is 479. The summed E-state index contributed by atoms with van der Waals surface area (Å²) in [6.07, 6.45) is 0.374. The summed E-state index contributed by atoms with van der Waals surface area (Å²) in [6, 6.07) is 9.26. The Morgan fingerprint density at radius 3 is 2.53 bits per heavy atom. The second kappa shape index (κ2) is 5.50.